The molecule has 0 atom stereocenters. The van der Waals surface area contributed by atoms with Gasteiger partial charge in [0, 0.05) is 0 Å². The molecule has 0 amide bonds. The number of benzene rings is 2. The van der Waals surface area contributed by atoms with Crippen molar-refractivity contribution in [3.63, 3.8) is 0 Å². The van der Waals surface area contributed by atoms with Crippen LogP contribution in [0.3, 0.4) is 0 Å². The summed E-state index contributed by atoms with van der Waals surface area (Å²) >= 11 is 0. The molecule has 0 unspecified atom stereocenters. The van der Waals surface area contributed by atoms with Crippen molar-refractivity contribution in [1.29, 1.82) is 5.26 Å². The van der Waals surface area contributed by atoms with E-state index in [2.05, 4.69) is 31.2 Å². The SMILES string of the molecule is CCCCCCCCC12CCC(c3ccccc3-c3ccc(C#N)c(F)c3)(CC1)CC2. The number of nitrogens with zero attached hydrogens (tertiary/aromatic N) is 1. The topological polar surface area (TPSA) is 23.8 Å². The van der Waals surface area contributed by atoms with E-state index < -0.39 is 5.82 Å². The Morgan fingerprint density at radius 1 is 0.871 bits per heavy atom. The molecule has 0 spiro atoms. The molecule has 3 fully saturated rings. The van der Waals surface area contributed by atoms with Crippen molar-refractivity contribution in [1.82, 2.24) is 0 Å². The molecular weight excluding hydrogens is 381 g/mol. The second-order valence-corrected chi connectivity index (χ2v) is 10.2. The highest BCUT2D eigenvalue weighted by Gasteiger charge is 2.49. The van der Waals surface area contributed by atoms with E-state index in [1.807, 2.05) is 12.1 Å². The second kappa shape index (κ2) is 9.56. The molecule has 3 saturated carbocycles. The number of hydrogen-bond donors (Lipinski definition) is 0. The van der Waals surface area contributed by atoms with Gasteiger partial charge in [-0.2, -0.15) is 5.26 Å². The molecule has 2 heteroatoms. The van der Waals surface area contributed by atoms with Gasteiger partial charge in [0.15, 0.2) is 0 Å². The average Bonchev–Trinajstić information content (AvgIpc) is 2.82. The number of nitriles is 1. The van der Waals surface area contributed by atoms with Crippen molar-refractivity contribution in [3.05, 3.63) is 59.4 Å². The van der Waals surface area contributed by atoms with Crippen LogP contribution >= 0.6 is 0 Å². The van der Waals surface area contributed by atoms with E-state index in [1.165, 1.54) is 89.0 Å². The number of rotatable bonds is 9. The summed E-state index contributed by atoms with van der Waals surface area (Å²) in [6, 6.07) is 15.6. The summed E-state index contributed by atoms with van der Waals surface area (Å²) in [4.78, 5) is 0. The van der Waals surface area contributed by atoms with E-state index in [0.717, 1.165) is 11.1 Å². The van der Waals surface area contributed by atoms with Crippen LogP contribution in [0.5, 0.6) is 0 Å². The lowest BCUT2D eigenvalue weighted by molar-refractivity contribution is 0.0307. The Morgan fingerprint density at radius 3 is 2.23 bits per heavy atom. The first-order valence-corrected chi connectivity index (χ1v) is 12.4. The zero-order valence-electron chi connectivity index (χ0n) is 19.1. The molecule has 5 rings (SSSR count). The number of fused-ring (bicyclic) bond motifs is 3. The minimum absolute atomic E-state index is 0.120. The van der Waals surface area contributed by atoms with Gasteiger partial charge in [-0.3, -0.25) is 0 Å². The highest BCUT2D eigenvalue weighted by atomic mass is 19.1. The third-order valence-electron chi connectivity index (χ3n) is 8.36. The summed E-state index contributed by atoms with van der Waals surface area (Å²) in [5.41, 5.74) is 4.39. The fraction of sp³-hybridized carbons (Fsp3) is 0.552. The largest absolute Gasteiger partial charge is 0.206 e. The predicted molar refractivity (Wildman–Crippen MR) is 126 cm³/mol. The van der Waals surface area contributed by atoms with E-state index in [9.17, 15) is 4.39 Å². The number of halogens is 1. The van der Waals surface area contributed by atoms with Crippen LogP contribution < -0.4 is 0 Å². The summed E-state index contributed by atoms with van der Waals surface area (Å²) in [5, 5.41) is 9.07. The molecule has 2 bridgehead atoms. The highest BCUT2D eigenvalue weighted by Crippen LogP contribution is 2.60. The smallest absolute Gasteiger partial charge is 0.141 e. The maximum Gasteiger partial charge on any atom is 0.141 e. The van der Waals surface area contributed by atoms with Gasteiger partial charge in [0.2, 0.25) is 0 Å². The van der Waals surface area contributed by atoms with E-state index in [0.29, 0.717) is 5.41 Å². The van der Waals surface area contributed by atoms with Crippen LogP contribution in [0.25, 0.3) is 11.1 Å². The van der Waals surface area contributed by atoms with Crippen molar-refractivity contribution >= 4 is 0 Å². The first kappa shape index (κ1) is 22.1. The Kier molecular flexibility index (Phi) is 6.80. The molecule has 0 aliphatic heterocycles. The van der Waals surface area contributed by atoms with E-state index in [4.69, 9.17) is 5.26 Å². The van der Waals surface area contributed by atoms with E-state index in [1.54, 1.807) is 12.1 Å². The first-order valence-electron chi connectivity index (χ1n) is 12.4. The van der Waals surface area contributed by atoms with Crippen LogP contribution in [0.4, 0.5) is 4.39 Å². The summed E-state index contributed by atoms with van der Waals surface area (Å²) in [6.45, 7) is 2.28. The summed E-state index contributed by atoms with van der Waals surface area (Å²) in [6.07, 6.45) is 17.6. The lowest BCUT2D eigenvalue weighted by atomic mass is 9.50. The van der Waals surface area contributed by atoms with Gasteiger partial charge in [0.1, 0.15) is 11.9 Å². The maximum atomic E-state index is 14.3. The molecule has 0 N–H and O–H groups in total. The molecule has 0 aromatic heterocycles. The van der Waals surface area contributed by atoms with Crippen LogP contribution in [0.2, 0.25) is 0 Å². The summed E-state index contributed by atoms with van der Waals surface area (Å²) in [7, 11) is 0. The fourth-order valence-electron chi connectivity index (χ4n) is 6.29. The Bertz CT molecular complexity index is 913. The lowest BCUT2D eigenvalue weighted by Crippen LogP contribution is -2.44. The summed E-state index contributed by atoms with van der Waals surface area (Å²) < 4.78 is 14.3. The molecule has 0 saturated heterocycles. The molecule has 3 aliphatic carbocycles. The average molecular weight is 418 g/mol. The normalized spacial score (nSPS) is 24.8. The van der Waals surface area contributed by atoms with Crippen LogP contribution in [0, 0.1) is 22.6 Å². The molecular formula is C29H36FN. The Hall–Kier alpha value is -2.14. The zero-order valence-corrected chi connectivity index (χ0v) is 19.1. The van der Waals surface area contributed by atoms with Gasteiger partial charge in [0.25, 0.3) is 0 Å². The Labute approximate surface area is 187 Å². The predicted octanol–water partition coefficient (Wildman–Crippen LogP) is 8.71. The van der Waals surface area contributed by atoms with Crippen LogP contribution in [-0.2, 0) is 5.41 Å². The first-order chi connectivity index (χ1) is 15.1. The second-order valence-electron chi connectivity index (χ2n) is 10.2. The van der Waals surface area contributed by atoms with Gasteiger partial charge in [-0.05, 0) is 84.6 Å². The summed E-state index contributed by atoms with van der Waals surface area (Å²) in [5.74, 6) is -0.419. The molecule has 164 valence electrons. The molecule has 3 aliphatic rings. The van der Waals surface area contributed by atoms with Crippen molar-refractivity contribution in [2.45, 2.75) is 95.8 Å². The van der Waals surface area contributed by atoms with Gasteiger partial charge in [-0.15, -0.1) is 0 Å². The highest BCUT2D eigenvalue weighted by molar-refractivity contribution is 5.70. The van der Waals surface area contributed by atoms with Crippen molar-refractivity contribution in [2.24, 2.45) is 5.41 Å². The maximum absolute atomic E-state index is 14.3. The van der Waals surface area contributed by atoms with Crippen LogP contribution in [-0.4, -0.2) is 0 Å². The van der Waals surface area contributed by atoms with Gasteiger partial charge in [-0.25, -0.2) is 4.39 Å². The fourth-order valence-corrected chi connectivity index (χ4v) is 6.29. The molecule has 31 heavy (non-hydrogen) atoms. The van der Waals surface area contributed by atoms with Gasteiger partial charge in [-0.1, -0.05) is 75.8 Å². The lowest BCUT2D eigenvalue weighted by Gasteiger charge is -2.54. The van der Waals surface area contributed by atoms with Gasteiger partial charge in [0.05, 0.1) is 5.56 Å². The molecule has 1 nitrogen and oxygen atoms in total. The standard InChI is InChI=1S/C29H36FN/c1-2-3-4-5-6-9-14-28-15-18-29(19-16-28,20-17-28)26-11-8-7-10-25(26)23-12-13-24(22-31)27(30)21-23/h7-8,10-13,21H,2-6,9,14-20H2,1H3. The van der Waals surface area contributed by atoms with E-state index in [-0.39, 0.29) is 11.0 Å². The quantitative estimate of drug-likeness (QED) is 0.374. The van der Waals surface area contributed by atoms with Crippen LogP contribution in [0.1, 0.15) is 102 Å². The molecule has 0 radical (unpaired) electrons. The Balaban J connectivity index is 1.47. The van der Waals surface area contributed by atoms with Gasteiger partial charge >= 0.3 is 0 Å². The number of hydrogen-bond acceptors (Lipinski definition) is 1. The van der Waals surface area contributed by atoms with Crippen molar-refractivity contribution in [2.75, 3.05) is 0 Å². The van der Waals surface area contributed by atoms with Crippen LogP contribution in [0.15, 0.2) is 42.5 Å². The van der Waals surface area contributed by atoms with Gasteiger partial charge < -0.3 is 0 Å². The molecule has 0 heterocycles. The minimum atomic E-state index is -0.419. The monoisotopic (exact) mass is 417 g/mol. The Morgan fingerprint density at radius 2 is 1.55 bits per heavy atom. The molecule has 2 aromatic rings. The van der Waals surface area contributed by atoms with Crippen molar-refractivity contribution in [3.8, 4) is 17.2 Å². The zero-order chi connectivity index (χ0) is 21.7. The third-order valence-corrected chi connectivity index (χ3v) is 8.36. The number of unbranched alkanes of at least 4 members (excludes halogenated alkanes) is 5. The van der Waals surface area contributed by atoms with E-state index >= 15 is 0 Å². The van der Waals surface area contributed by atoms with Crippen molar-refractivity contribution < 1.29 is 4.39 Å². The third kappa shape index (κ3) is 4.57. The molecule has 2 aromatic carbocycles. The minimum Gasteiger partial charge on any atom is -0.206 e.